The Hall–Kier alpha value is -0.160. The second kappa shape index (κ2) is 2.17. The molecule has 0 spiro atoms. The number of rotatable bonds is 0. The first-order chi connectivity index (χ1) is 4.79. The lowest BCUT2D eigenvalue weighted by atomic mass is 10.1. The first kappa shape index (κ1) is 6.54. The van der Waals surface area contributed by atoms with Gasteiger partial charge in [-0.25, -0.2) is 0 Å². The maximum atomic E-state index is 9.21. The van der Waals surface area contributed by atoms with E-state index in [2.05, 4.69) is 0 Å². The van der Waals surface area contributed by atoms with Gasteiger partial charge in [-0.3, -0.25) is 0 Å². The number of aliphatic hydroxyl groups excluding tert-OH is 1. The summed E-state index contributed by atoms with van der Waals surface area (Å²) < 4.78 is 10.4. The van der Waals surface area contributed by atoms with Crippen LogP contribution in [0.15, 0.2) is 0 Å². The quantitative estimate of drug-likeness (QED) is 0.434. The minimum Gasteiger partial charge on any atom is -0.388 e. The van der Waals surface area contributed by atoms with E-state index >= 15 is 0 Å². The summed E-state index contributed by atoms with van der Waals surface area (Å²) in [6, 6.07) is -0.0536. The summed E-state index contributed by atoms with van der Waals surface area (Å²) in [6.45, 7) is 0.870. The fourth-order valence-corrected chi connectivity index (χ4v) is 1.51. The van der Waals surface area contributed by atoms with E-state index in [4.69, 9.17) is 15.2 Å². The smallest absolute Gasteiger partial charge is 0.113 e. The van der Waals surface area contributed by atoms with Crippen LogP contribution in [-0.4, -0.2) is 42.7 Å². The highest BCUT2D eigenvalue weighted by atomic mass is 16.6. The van der Waals surface area contributed by atoms with Gasteiger partial charge in [-0.2, -0.15) is 0 Å². The second-order valence-electron chi connectivity index (χ2n) is 2.83. The van der Waals surface area contributed by atoms with Crippen LogP contribution in [0.2, 0.25) is 0 Å². The third kappa shape index (κ3) is 0.769. The molecule has 4 nitrogen and oxygen atoms in total. The van der Waals surface area contributed by atoms with Crippen molar-refractivity contribution in [1.29, 1.82) is 0 Å². The standard InChI is InChI=1S/C6H11NO3/c7-3-1-9-6-4(8)2-10-5(3)6/h3-6,8H,1-2,7H2/t3-,4-,5-,6-/m1/s1. The van der Waals surface area contributed by atoms with E-state index in [-0.39, 0.29) is 18.2 Å². The number of hydrogen-bond acceptors (Lipinski definition) is 4. The Bertz CT molecular complexity index is 125. The molecule has 2 fully saturated rings. The highest BCUT2D eigenvalue weighted by Crippen LogP contribution is 2.25. The molecule has 2 aliphatic rings. The summed E-state index contributed by atoms with van der Waals surface area (Å²) in [6.07, 6.45) is -0.719. The summed E-state index contributed by atoms with van der Waals surface area (Å²) >= 11 is 0. The van der Waals surface area contributed by atoms with E-state index in [0.717, 1.165) is 0 Å². The normalized spacial score (nSPS) is 53.4. The zero-order valence-electron chi connectivity index (χ0n) is 5.56. The summed E-state index contributed by atoms with van der Waals surface area (Å²) in [4.78, 5) is 0. The van der Waals surface area contributed by atoms with Crippen molar-refractivity contribution in [1.82, 2.24) is 0 Å². The molecule has 0 saturated carbocycles. The molecule has 4 atom stereocenters. The molecule has 2 saturated heterocycles. The molecule has 0 bridgehead atoms. The van der Waals surface area contributed by atoms with Crippen molar-refractivity contribution in [3.8, 4) is 0 Å². The molecule has 0 amide bonds. The maximum Gasteiger partial charge on any atom is 0.113 e. The largest absolute Gasteiger partial charge is 0.388 e. The average molecular weight is 145 g/mol. The van der Waals surface area contributed by atoms with Crippen LogP contribution in [0.5, 0.6) is 0 Å². The molecule has 0 radical (unpaired) electrons. The predicted molar refractivity (Wildman–Crippen MR) is 33.5 cm³/mol. The minimum absolute atomic E-state index is 0.0536. The topological polar surface area (TPSA) is 64.7 Å². The van der Waals surface area contributed by atoms with Crippen LogP contribution in [0.1, 0.15) is 0 Å². The average Bonchev–Trinajstić information content (AvgIpc) is 2.41. The van der Waals surface area contributed by atoms with Crippen molar-refractivity contribution < 1.29 is 14.6 Å². The van der Waals surface area contributed by atoms with E-state index in [1.54, 1.807) is 0 Å². The van der Waals surface area contributed by atoms with Gasteiger partial charge in [0, 0.05) is 0 Å². The lowest BCUT2D eigenvalue weighted by molar-refractivity contribution is 0.0182. The number of aliphatic hydroxyl groups is 1. The van der Waals surface area contributed by atoms with Gasteiger partial charge in [0.25, 0.3) is 0 Å². The highest BCUT2D eigenvalue weighted by Gasteiger charge is 2.45. The summed E-state index contributed by atoms with van der Waals surface area (Å²) in [5, 5.41) is 9.21. The molecule has 10 heavy (non-hydrogen) atoms. The predicted octanol–water partition coefficient (Wildman–Crippen LogP) is -1.53. The van der Waals surface area contributed by atoms with Crippen LogP contribution in [0, 0.1) is 0 Å². The highest BCUT2D eigenvalue weighted by molar-refractivity contribution is 4.95. The molecule has 0 aromatic heterocycles. The molecule has 2 rings (SSSR count). The van der Waals surface area contributed by atoms with Gasteiger partial charge in [0.1, 0.15) is 18.3 Å². The Labute approximate surface area is 58.9 Å². The van der Waals surface area contributed by atoms with Gasteiger partial charge in [-0.05, 0) is 0 Å². The van der Waals surface area contributed by atoms with Crippen molar-refractivity contribution in [3.05, 3.63) is 0 Å². The van der Waals surface area contributed by atoms with Gasteiger partial charge in [0.15, 0.2) is 0 Å². The lowest BCUT2D eigenvalue weighted by Crippen LogP contribution is -2.36. The maximum absolute atomic E-state index is 9.21. The molecule has 0 unspecified atom stereocenters. The number of nitrogens with two attached hydrogens (primary N) is 1. The van der Waals surface area contributed by atoms with Crippen LogP contribution in [0.4, 0.5) is 0 Å². The molecular weight excluding hydrogens is 134 g/mol. The van der Waals surface area contributed by atoms with E-state index in [0.29, 0.717) is 13.2 Å². The van der Waals surface area contributed by atoms with Crippen LogP contribution in [0.3, 0.4) is 0 Å². The molecule has 58 valence electrons. The number of hydrogen-bond donors (Lipinski definition) is 2. The van der Waals surface area contributed by atoms with Crippen LogP contribution >= 0.6 is 0 Å². The molecule has 0 aliphatic carbocycles. The van der Waals surface area contributed by atoms with Crippen LogP contribution in [-0.2, 0) is 9.47 Å². The summed E-state index contributed by atoms with van der Waals surface area (Å²) in [5.74, 6) is 0. The Morgan fingerprint density at radius 1 is 1.20 bits per heavy atom. The fraction of sp³-hybridized carbons (Fsp3) is 1.00. The van der Waals surface area contributed by atoms with Crippen LogP contribution < -0.4 is 5.73 Å². The Kier molecular flexibility index (Phi) is 1.42. The molecule has 3 N–H and O–H groups in total. The van der Waals surface area contributed by atoms with Gasteiger partial charge in [-0.15, -0.1) is 0 Å². The van der Waals surface area contributed by atoms with E-state index < -0.39 is 6.10 Å². The van der Waals surface area contributed by atoms with Crippen molar-refractivity contribution in [2.24, 2.45) is 5.73 Å². The Morgan fingerprint density at radius 2 is 1.90 bits per heavy atom. The summed E-state index contributed by atoms with van der Waals surface area (Å²) in [5.41, 5.74) is 5.62. The van der Waals surface area contributed by atoms with Gasteiger partial charge < -0.3 is 20.3 Å². The van der Waals surface area contributed by atoms with Crippen molar-refractivity contribution >= 4 is 0 Å². The Balaban J connectivity index is 2.09. The molecule has 2 heterocycles. The zero-order valence-corrected chi connectivity index (χ0v) is 5.56. The monoisotopic (exact) mass is 145 g/mol. The van der Waals surface area contributed by atoms with E-state index in [1.165, 1.54) is 0 Å². The lowest BCUT2D eigenvalue weighted by Gasteiger charge is -2.10. The third-order valence-corrected chi connectivity index (χ3v) is 2.07. The number of fused-ring (bicyclic) bond motifs is 1. The van der Waals surface area contributed by atoms with Gasteiger partial charge in [0.2, 0.25) is 0 Å². The SMILES string of the molecule is N[C@@H]1CO[C@H]2[C@@H]1OC[C@H]2O. The van der Waals surface area contributed by atoms with Crippen molar-refractivity contribution in [2.45, 2.75) is 24.4 Å². The van der Waals surface area contributed by atoms with Crippen molar-refractivity contribution in [2.75, 3.05) is 13.2 Å². The minimum atomic E-state index is -0.474. The van der Waals surface area contributed by atoms with Gasteiger partial charge in [-0.1, -0.05) is 0 Å². The zero-order chi connectivity index (χ0) is 7.14. The van der Waals surface area contributed by atoms with Gasteiger partial charge >= 0.3 is 0 Å². The molecular formula is C6H11NO3. The second-order valence-corrected chi connectivity index (χ2v) is 2.83. The third-order valence-electron chi connectivity index (χ3n) is 2.07. The van der Waals surface area contributed by atoms with Crippen LogP contribution in [0.25, 0.3) is 0 Å². The van der Waals surface area contributed by atoms with E-state index in [9.17, 15) is 5.11 Å². The molecule has 4 heteroatoms. The number of ether oxygens (including phenoxy) is 2. The molecule has 0 aromatic rings. The Morgan fingerprint density at radius 3 is 2.60 bits per heavy atom. The van der Waals surface area contributed by atoms with E-state index in [1.807, 2.05) is 0 Å². The fourth-order valence-electron chi connectivity index (χ4n) is 1.51. The van der Waals surface area contributed by atoms with Gasteiger partial charge in [0.05, 0.1) is 19.3 Å². The molecule has 0 aromatic carbocycles. The molecule has 2 aliphatic heterocycles. The first-order valence-corrected chi connectivity index (χ1v) is 3.46. The van der Waals surface area contributed by atoms with Crippen molar-refractivity contribution in [3.63, 3.8) is 0 Å². The first-order valence-electron chi connectivity index (χ1n) is 3.46. The summed E-state index contributed by atoms with van der Waals surface area (Å²) in [7, 11) is 0.